The standard InChI is InChI=1S/C12H16BrN3O2/c1-15-8-10(13)12(14)9-3-4-16-11(7-9)18-6-5-17-2/h3-4,7-8,14-15H,5-6H2,1-2H3/b10-8+,14-12?. The number of allylic oxidation sites excluding steroid dienone is 1. The van der Waals surface area contributed by atoms with Crippen LogP contribution in [-0.4, -0.2) is 38.1 Å². The van der Waals surface area contributed by atoms with Gasteiger partial charge in [0.2, 0.25) is 5.88 Å². The van der Waals surface area contributed by atoms with Gasteiger partial charge in [0.15, 0.2) is 0 Å². The van der Waals surface area contributed by atoms with E-state index >= 15 is 0 Å². The van der Waals surface area contributed by atoms with Crippen molar-refractivity contribution in [1.82, 2.24) is 10.3 Å². The monoisotopic (exact) mass is 313 g/mol. The van der Waals surface area contributed by atoms with Gasteiger partial charge in [0.05, 0.1) is 16.8 Å². The Balaban J connectivity index is 2.75. The molecular formula is C12H16BrN3O2. The number of aromatic nitrogens is 1. The molecule has 0 bridgehead atoms. The fourth-order valence-electron chi connectivity index (χ4n) is 1.21. The molecule has 5 nitrogen and oxygen atoms in total. The number of ether oxygens (including phenoxy) is 2. The number of hydrogen-bond donors (Lipinski definition) is 2. The van der Waals surface area contributed by atoms with Crippen molar-refractivity contribution in [2.45, 2.75) is 0 Å². The number of pyridine rings is 1. The first-order valence-corrected chi connectivity index (χ1v) is 6.18. The van der Waals surface area contributed by atoms with Crippen LogP contribution < -0.4 is 10.1 Å². The van der Waals surface area contributed by atoms with E-state index in [9.17, 15) is 0 Å². The van der Waals surface area contributed by atoms with Gasteiger partial charge < -0.3 is 14.8 Å². The number of nitrogens with one attached hydrogen (secondary N) is 2. The van der Waals surface area contributed by atoms with E-state index in [1.54, 1.807) is 38.7 Å². The first-order chi connectivity index (χ1) is 8.69. The fourth-order valence-corrected chi connectivity index (χ4v) is 1.67. The third-order valence-electron chi connectivity index (χ3n) is 2.07. The summed E-state index contributed by atoms with van der Waals surface area (Å²) in [6.07, 6.45) is 3.32. The Hall–Kier alpha value is -1.40. The van der Waals surface area contributed by atoms with Crippen LogP contribution in [0.1, 0.15) is 5.56 Å². The van der Waals surface area contributed by atoms with Gasteiger partial charge in [-0.15, -0.1) is 0 Å². The largest absolute Gasteiger partial charge is 0.475 e. The van der Waals surface area contributed by atoms with E-state index in [2.05, 4.69) is 26.2 Å². The van der Waals surface area contributed by atoms with Crippen molar-refractivity contribution in [1.29, 1.82) is 5.41 Å². The summed E-state index contributed by atoms with van der Waals surface area (Å²) >= 11 is 3.32. The molecule has 0 aliphatic heterocycles. The molecule has 0 fully saturated rings. The molecule has 18 heavy (non-hydrogen) atoms. The van der Waals surface area contributed by atoms with Crippen LogP contribution in [0.5, 0.6) is 5.88 Å². The molecule has 1 heterocycles. The van der Waals surface area contributed by atoms with E-state index in [1.165, 1.54) is 0 Å². The van der Waals surface area contributed by atoms with Gasteiger partial charge >= 0.3 is 0 Å². The first-order valence-electron chi connectivity index (χ1n) is 5.39. The van der Waals surface area contributed by atoms with Crippen molar-refractivity contribution in [3.05, 3.63) is 34.6 Å². The molecule has 0 unspecified atom stereocenters. The highest BCUT2D eigenvalue weighted by Crippen LogP contribution is 2.16. The number of hydrogen-bond acceptors (Lipinski definition) is 5. The van der Waals surface area contributed by atoms with Gasteiger partial charge in [-0.1, -0.05) is 0 Å². The Morgan fingerprint density at radius 3 is 3.00 bits per heavy atom. The molecule has 98 valence electrons. The van der Waals surface area contributed by atoms with Gasteiger partial charge in [0.1, 0.15) is 6.61 Å². The lowest BCUT2D eigenvalue weighted by molar-refractivity contribution is 0.143. The van der Waals surface area contributed by atoms with Gasteiger partial charge in [0, 0.05) is 38.2 Å². The molecule has 0 aliphatic carbocycles. The third-order valence-corrected chi connectivity index (χ3v) is 2.70. The van der Waals surface area contributed by atoms with Crippen LogP contribution >= 0.6 is 15.9 Å². The maximum atomic E-state index is 7.99. The van der Waals surface area contributed by atoms with Gasteiger partial charge in [-0.2, -0.15) is 0 Å². The maximum Gasteiger partial charge on any atom is 0.213 e. The molecule has 2 N–H and O–H groups in total. The molecule has 1 rings (SSSR count). The van der Waals surface area contributed by atoms with Gasteiger partial charge in [-0.25, -0.2) is 4.98 Å². The molecule has 0 saturated carbocycles. The van der Waals surface area contributed by atoms with E-state index < -0.39 is 0 Å². The Morgan fingerprint density at radius 2 is 2.33 bits per heavy atom. The SMILES string of the molecule is CN/C=C(/Br)C(=N)c1ccnc(OCCOC)c1. The molecule has 0 radical (unpaired) electrons. The smallest absolute Gasteiger partial charge is 0.213 e. The zero-order valence-corrected chi connectivity index (χ0v) is 12.0. The zero-order valence-electron chi connectivity index (χ0n) is 10.4. The normalized spacial score (nSPS) is 11.2. The van der Waals surface area contributed by atoms with E-state index in [-0.39, 0.29) is 0 Å². The molecule has 0 aromatic carbocycles. The van der Waals surface area contributed by atoms with E-state index in [4.69, 9.17) is 14.9 Å². The molecule has 1 aromatic heterocycles. The minimum absolute atomic E-state index is 0.364. The Labute approximate surface area is 115 Å². The molecule has 0 atom stereocenters. The van der Waals surface area contributed by atoms with Crippen LogP contribution in [0.4, 0.5) is 0 Å². The molecule has 6 heteroatoms. The summed E-state index contributed by atoms with van der Waals surface area (Å²) < 4.78 is 11.0. The lowest BCUT2D eigenvalue weighted by Gasteiger charge is -2.07. The van der Waals surface area contributed by atoms with Crippen LogP contribution in [0.25, 0.3) is 0 Å². The molecule has 0 amide bonds. The average molecular weight is 314 g/mol. The summed E-state index contributed by atoms with van der Waals surface area (Å²) in [5, 5.41) is 10.8. The molecular weight excluding hydrogens is 298 g/mol. The van der Waals surface area contributed by atoms with E-state index in [1.807, 2.05) is 0 Å². The van der Waals surface area contributed by atoms with Crippen LogP contribution in [0.15, 0.2) is 29.0 Å². The summed E-state index contributed by atoms with van der Waals surface area (Å²) in [4.78, 5) is 4.07. The molecule has 0 saturated heterocycles. The Bertz CT molecular complexity index is 435. The van der Waals surface area contributed by atoms with Crippen LogP contribution in [0.3, 0.4) is 0 Å². The summed E-state index contributed by atoms with van der Waals surface area (Å²) in [6, 6.07) is 3.49. The third kappa shape index (κ3) is 4.46. The minimum atomic E-state index is 0.364. The molecule has 1 aromatic rings. The number of rotatable bonds is 7. The number of methoxy groups -OCH3 is 1. The second kappa shape index (κ2) is 7.84. The average Bonchev–Trinajstić information content (AvgIpc) is 2.39. The van der Waals surface area contributed by atoms with Gasteiger partial charge in [-0.05, 0) is 22.0 Å². The maximum absolute atomic E-state index is 7.99. The summed E-state index contributed by atoms with van der Waals surface area (Å²) in [5.41, 5.74) is 1.10. The first kappa shape index (κ1) is 14.7. The topological polar surface area (TPSA) is 67.2 Å². The lowest BCUT2D eigenvalue weighted by Crippen LogP contribution is -2.07. The zero-order chi connectivity index (χ0) is 13.4. The second-order valence-electron chi connectivity index (χ2n) is 3.38. The fraction of sp³-hybridized carbons (Fsp3) is 0.333. The summed E-state index contributed by atoms with van der Waals surface area (Å²) in [5.74, 6) is 0.485. The highest BCUT2D eigenvalue weighted by Gasteiger charge is 2.07. The lowest BCUT2D eigenvalue weighted by atomic mass is 10.1. The molecule has 0 aliphatic rings. The number of nitrogens with zero attached hydrogens (tertiary/aromatic N) is 1. The Morgan fingerprint density at radius 1 is 1.56 bits per heavy atom. The minimum Gasteiger partial charge on any atom is -0.475 e. The van der Waals surface area contributed by atoms with Gasteiger partial charge in [-0.3, -0.25) is 5.41 Å². The predicted molar refractivity (Wildman–Crippen MR) is 74.5 cm³/mol. The van der Waals surface area contributed by atoms with Crippen molar-refractivity contribution in [2.75, 3.05) is 27.4 Å². The molecule has 0 spiro atoms. The van der Waals surface area contributed by atoms with E-state index in [0.717, 1.165) is 5.56 Å². The van der Waals surface area contributed by atoms with Crippen molar-refractivity contribution >= 4 is 21.6 Å². The van der Waals surface area contributed by atoms with Crippen LogP contribution in [0.2, 0.25) is 0 Å². The van der Waals surface area contributed by atoms with Gasteiger partial charge in [0.25, 0.3) is 0 Å². The van der Waals surface area contributed by atoms with Crippen molar-refractivity contribution in [3.8, 4) is 5.88 Å². The summed E-state index contributed by atoms with van der Waals surface area (Å²) in [6.45, 7) is 0.945. The van der Waals surface area contributed by atoms with Crippen LogP contribution in [0, 0.1) is 5.41 Å². The van der Waals surface area contributed by atoms with Crippen molar-refractivity contribution in [3.63, 3.8) is 0 Å². The van der Waals surface area contributed by atoms with Crippen LogP contribution in [-0.2, 0) is 4.74 Å². The quantitative estimate of drug-likeness (QED) is 0.596. The van der Waals surface area contributed by atoms with E-state index in [0.29, 0.717) is 29.3 Å². The van der Waals surface area contributed by atoms with Crippen molar-refractivity contribution < 1.29 is 9.47 Å². The second-order valence-corrected chi connectivity index (χ2v) is 4.23. The highest BCUT2D eigenvalue weighted by atomic mass is 79.9. The van der Waals surface area contributed by atoms with Crippen molar-refractivity contribution in [2.24, 2.45) is 0 Å². The highest BCUT2D eigenvalue weighted by molar-refractivity contribution is 9.12. The predicted octanol–water partition coefficient (Wildman–Crippen LogP) is 1.93. The number of halogens is 1. The summed E-state index contributed by atoms with van der Waals surface area (Å²) in [7, 11) is 3.39. The Kier molecular flexibility index (Phi) is 6.38.